The van der Waals surface area contributed by atoms with Gasteiger partial charge in [-0.2, -0.15) is 0 Å². The van der Waals surface area contributed by atoms with Gasteiger partial charge in [0.2, 0.25) is 0 Å². The minimum absolute atomic E-state index is 0.892. The zero-order valence-electron chi connectivity index (χ0n) is 14.3. The molecule has 21 heavy (non-hydrogen) atoms. The third-order valence-corrected chi connectivity index (χ3v) is 5.28. The van der Waals surface area contributed by atoms with Crippen LogP contribution in [-0.4, -0.2) is 61.7 Å². The molecule has 0 radical (unpaired) electrons. The second kappa shape index (κ2) is 10.6. The van der Waals surface area contributed by atoms with Gasteiger partial charge in [0, 0.05) is 19.1 Å². The fourth-order valence-corrected chi connectivity index (χ4v) is 3.83. The maximum Gasteiger partial charge on any atom is 0.0120 e. The molecule has 2 aliphatic rings. The lowest BCUT2D eigenvalue weighted by Crippen LogP contribution is -2.47. The summed E-state index contributed by atoms with van der Waals surface area (Å²) in [5.41, 5.74) is 0. The molecular formula is C18H37N3. The van der Waals surface area contributed by atoms with Gasteiger partial charge in [-0.1, -0.05) is 32.6 Å². The van der Waals surface area contributed by atoms with Crippen LogP contribution in [0.5, 0.6) is 0 Å². The molecule has 2 rings (SSSR count). The van der Waals surface area contributed by atoms with Crippen LogP contribution in [-0.2, 0) is 0 Å². The first-order valence-electron chi connectivity index (χ1n) is 9.57. The lowest BCUT2D eigenvalue weighted by Gasteiger charge is -2.40. The molecule has 3 nitrogen and oxygen atoms in total. The maximum atomic E-state index is 3.61. The Bertz CT molecular complexity index is 243. The van der Waals surface area contributed by atoms with E-state index in [1.54, 1.807) is 0 Å². The van der Waals surface area contributed by atoms with Crippen molar-refractivity contribution in [3.63, 3.8) is 0 Å². The molecule has 3 heteroatoms. The third-order valence-electron chi connectivity index (χ3n) is 5.28. The lowest BCUT2D eigenvalue weighted by atomic mass is 10.00. The van der Waals surface area contributed by atoms with Crippen LogP contribution in [0.15, 0.2) is 0 Å². The summed E-state index contributed by atoms with van der Waals surface area (Å²) in [4.78, 5) is 5.44. The Labute approximate surface area is 132 Å². The monoisotopic (exact) mass is 295 g/mol. The normalized spacial score (nSPS) is 22.7. The van der Waals surface area contributed by atoms with Gasteiger partial charge < -0.3 is 15.1 Å². The summed E-state index contributed by atoms with van der Waals surface area (Å²) < 4.78 is 0. The van der Waals surface area contributed by atoms with E-state index in [-0.39, 0.29) is 0 Å². The van der Waals surface area contributed by atoms with Gasteiger partial charge in [-0.3, -0.25) is 0 Å². The Morgan fingerprint density at radius 2 is 1.62 bits per heavy atom. The minimum Gasteiger partial charge on any atom is -0.315 e. The van der Waals surface area contributed by atoms with Crippen LogP contribution in [0, 0.1) is 0 Å². The standard InChI is InChI=1S/C18H37N3/c1-2-3-4-6-11-19-12-17-20-15-9-18(10-16-20)21-13-7-5-8-14-21/h18-19H,2-17H2,1H3. The van der Waals surface area contributed by atoms with Crippen molar-refractivity contribution in [3.05, 3.63) is 0 Å². The summed E-state index contributed by atoms with van der Waals surface area (Å²) in [7, 11) is 0. The molecule has 0 unspecified atom stereocenters. The Balaban J connectivity index is 1.47. The fourth-order valence-electron chi connectivity index (χ4n) is 3.83. The van der Waals surface area contributed by atoms with Crippen molar-refractivity contribution in [2.45, 2.75) is 70.8 Å². The molecular weight excluding hydrogens is 258 g/mol. The average Bonchev–Trinajstić information content (AvgIpc) is 2.55. The second-order valence-electron chi connectivity index (χ2n) is 6.98. The Morgan fingerprint density at radius 3 is 2.33 bits per heavy atom. The number of likely N-dealkylation sites (tertiary alicyclic amines) is 2. The van der Waals surface area contributed by atoms with E-state index in [1.807, 2.05) is 0 Å². The molecule has 0 aromatic rings. The first-order chi connectivity index (χ1) is 10.4. The van der Waals surface area contributed by atoms with E-state index in [9.17, 15) is 0 Å². The minimum atomic E-state index is 0.892. The first kappa shape index (κ1) is 17.2. The summed E-state index contributed by atoms with van der Waals surface area (Å²) >= 11 is 0. The molecule has 0 aliphatic carbocycles. The highest BCUT2D eigenvalue weighted by atomic mass is 15.2. The zero-order valence-corrected chi connectivity index (χ0v) is 14.3. The quantitative estimate of drug-likeness (QED) is 0.659. The fraction of sp³-hybridized carbons (Fsp3) is 1.00. The maximum absolute atomic E-state index is 3.61. The average molecular weight is 296 g/mol. The highest BCUT2D eigenvalue weighted by Crippen LogP contribution is 2.20. The van der Waals surface area contributed by atoms with Crippen LogP contribution >= 0.6 is 0 Å². The zero-order chi connectivity index (χ0) is 14.8. The van der Waals surface area contributed by atoms with E-state index in [0.717, 1.165) is 6.04 Å². The molecule has 0 atom stereocenters. The van der Waals surface area contributed by atoms with Gasteiger partial charge in [0.05, 0.1) is 0 Å². The van der Waals surface area contributed by atoms with Crippen LogP contribution in [0.1, 0.15) is 64.7 Å². The molecule has 1 N–H and O–H groups in total. The van der Waals surface area contributed by atoms with Gasteiger partial charge in [0.15, 0.2) is 0 Å². The van der Waals surface area contributed by atoms with Crippen LogP contribution < -0.4 is 5.32 Å². The largest absolute Gasteiger partial charge is 0.315 e. The van der Waals surface area contributed by atoms with Crippen molar-refractivity contribution in [2.24, 2.45) is 0 Å². The van der Waals surface area contributed by atoms with E-state index >= 15 is 0 Å². The molecule has 2 aliphatic heterocycles. The molecule has 0 amide bonds. The number of unbranched alkanes of at least 4 members (excludes halogenated alkanes) is 3. The molecule has 0 saturated carbocycles. The predicted octanol–water partition coefficient (Wildman–Crippen LogP) is 3.11. The summed E-state index contributed by atoms with van der Waals surface area (Å²) in [6.45, 7) is 11.3. The van der Waals surface area contributed by atoms with E-state index in [0.29, 0.717) is 0 Å². The summed E-state index contributed by atoms with van der Waals surface area (Å²) in [5, 5.41) is 3.61. The molecule has 0 bridgehead atoms. The van der Waals surface area contributed by atoms with E-state index in [1.165, 1.54) is 104 Å². The van der Waals surface area contributed by atoms with Crippen LogP contribution in [0.4, 0.5) is 0 Å². The topological polar surface area (TPSA) is 18.5 Å². The molecule has 2 saturated heterocycles. The number of nitrogens with zero attached hydrogens (tertiary/aromatic N) is 2. The molecule has 2 heterocycles. The van der Waals surface area contributed by atoms with E-state index in [2.05, 4.69) is 22.0 Å². The van der Waals surface area contributed by atoms with Gasteiger partial charge in [0.1, 0.15) is 0 Å². The lowest BCUT2D eigenvalue weighted by molar-refractivity contribution is 0.0930. The summed E-state index contributed by atoms with van der Waals surface area (Å²) in [6.07, 6.45) is 12.6. The number of nitrogens with one attached hydrogen (secondary N) is 1. The Hall–Kier alpha value is -0.120. The van der Waals surface area contributed by atoms with Gasteiger partial charge in [0.25, 0.3) is 0 Å². The highest BCUT2D eigenvalue weighted by Gasteiger charge is 2.24. The Morgan fingerprint density at radius 1 is 0.857 bits per heavy atom. The number of piperidine rings is 2. The van der Waals surface area contributed by atoms with Crippen molar-refractivity contribution >= 4 is 0 Å². The van der Waals surface area contributed by atoms with Crippen molar-refractivity contribution in [3.8, 4) is 0 Å². The Kier molecular flexibility index (Phi) is 8.68. The third kappa shape index (κ3) is 6.66. The van der Waals surface area contributed by atoms with Gasteiger partial charge >= 0.3 is 0 Å². The van der Waals surface area contributed by atoms with Crippen molar-refractivity contribution in [1.29, 1.82) is 0 Å². The molecule has 2 fully saturated rings. The SMILES string of the molecule is CCCCCCNCCN1CCC(N2CCCCC2)CC1. The van der Waals surface area contributed by atoms with Crippen molar-refractivity contribution in [2.75, 3.05) is 45.8 Å². The number of hydrogen-bond donors (Lipinski definition) is 1. The van der Waals surface area contributed by atoms with Crippen LogP contribution in [0.25, 0.3) is 0 Å². The smallest absolute Gasteiger partial charge is 0.0120 e. The summed E-state index contributed by atoms with van der Waals surface area (Å²) in [5.74, 6) is 0. The second-order valence-corrected chi connectivity index (χ2v) is 6.98. The number of rotatable bonds is 9. The van der Waals surface area contributed by atoms with E-state index in [4.69, 9.17) is 0 Å². The van der Waals surface area contributed by atoms with E-state index < -0.39 is 0 Å². The van der Waals surface area contributed by atoms with Crippen LogP contribution in [0.2, 0.25) is 0 Å². The molecule has 0 spiro atoms. The van der Waals surface area contributed by atoms with Gasteiger partial charge in [-0.25, -0.2) is 0 Å². The molecule has 0 aromatic heterocycles. The predicted molar refractivity (Wildman–Crippen MR) is 91.9 cm³/mol. The molecule has 124 valence electrons. The van der Waals surface area contributed by atoms with Crippen LogP contribution in [0.3, 0.4) is 0 Å². The first-order valence-corrected chi connectivity index (χ1v) is 9.57. The number of hydrogen-bond acceptors (Lipinski definition) is 3. The van der Waals surface area contributed by atoms with Crippen molar-refractivity contribution < 1.29 is 0 Å². The van der Waals surface area contributed by atoms with Gasteiger partial charge in [-0.15, -0.1) is 0 Å². The van der Waals surface area contributed by atoms with Crippen molar-refractivity contribution in [1.82, 2.24) is 15.1 Å². The van der Waals surface area contributed by atoms with Gasteiger partial charge in [-0.05, 0) is 64.8 Å². The summed E-state index contributed by atoms with van der Waals surface area (Å²) in [6, 6.07) is 0.892. The highest BCUT2D eigenvalue weighted by molar-refractivity contribution is 4.81. The molecule has 0 aromatic carbocycles.